The number of carbonyl (C=O) groups is 1. The van der Waals surface area contributed by atoms with Gasteiger partial charge in [0.25, 0.3) is 5.91 Å². The lowest BCUT2D eigenvalue weighted by Gasteiger charge is -2.43. The predicted octanol–water partition coefficient (Wildman–Crippen LogP) is 3.41. The third-order valence-electron chi connectivity index (χ3n) is 8.53. The van der Waals surface area contributed by atoms with Gasteiger partial charge in [0.1, 0.15) is 23.6 Å². The minimum absolute atomic E-state index is 0.0395. The number of alkyl halides is 2. The van der Waals surface area contributed by atoms with Crippen molar-refractivity contribution in [3.05, 3.63) is 60.0 Å². The number of piperidine rings is 1. The average molecular weight is 638 g/mol. The van der Waals surface area contributed by atoms with Gasteiger partial charge >= 0.3 is 5.92 Å². The molecule has 0 radical (unpaired) electrons. The second-order valence-corrected chi connectivity index (χ2v) is 11.7. The molecule has 3 aromatic rings. The number of likely N-dealkylation sites (tertiary alicyclic amines) is 1. The topological polar surface area (TPSA) is 127 Å². The summed E-state index contributed by atoms with van der Waals surface area (Å²) in [5.74, 6) is -4.91. The van der Waals surface area contributed by atoms with E-state index in [1.54, 1.807) is 0 Å². The van der Waals surface area contributed by atoms with Gasteiger partial charge in [-0.1, -0.05) is 0 Å². The molecule has 0 spiro atoms. The normalized spacial score (nSPS) is 20.8. The summed E-state index contributed by atoms with van der Waals surface area (Å²) < 4.78 is 55.5. The summed E-state index contributed by atoms with van der Waals surface area (Å²) in [5, 5.41) is 22.3. The minimum atomic E-state index is -3.42. The van der Waals surface area contributed by atoms with Crippen LogP contribution in [0.25, 0.3) is 11.3 Å². The molecule has 46 heavy (non-hydrogen) atoms. The molecule has 242 valence electrons. The first-order valence-electron chi connectivity index (χ1n) is 15.1. The second kappa shape index (κ2) is 13.1. The number of halogens is 3. The number of aliphatic hydroxyl groups excluding tert-OH is 1. The Morgan fingerprint density at radius 2 is 1.89 bits per heavy atom. The Kier molecular flexibility index (Phi) is 8.99. The molecule has 1 amide bonds. The average Bonchev–Trinajstić information content (AvgIpc) is 3.02. The molecule has 1 unspecified atom stereocenters. The molecule has 14 heteroatoms. The Labute approximate surface area is 264 Å². The van der Waals surface area contributed by atoms with E-state index in [0.717, 1.165) is 56.2 Å². The molecule has 6 rings (SSSR count). The molecule has 2 aromatic carbocycles. The van der Waals surface area contributed by atoms with Crippen LogP contribution in [-0.2, 0) is 9.53 Å². The van der Waals surface area contributed by atoms with Gasteiger partial charge < -0.3 is 29.7 Å². The van der Waals surface area contributed by atoms with Crippen LogP contribution < -0.4 is 15.0 Å². The number of amides is 1. The zero-order valence-electron chi connectivity index (χ0n) is 25.2. The Balaban J connectivity index is 1.11. The van der Waals surface area contributed by atoms with Gasteiger partial charge in [0.2, 0.25) is 5.95 Å². The highest BCUT2D eigenvalue weighted by molar-refractivity contribution is 5.80. The van der Waals surface area contributed by atoms with E-state index < -0.39 is 36.4 Å². The van der Waals surface area contributed by atoms with E-state index in [0.29, 0.717) is 11.7 Å². The number of benzene rings is 2. The fourth-order valence-electron chi connectivity index (χ4n) is 5.83. The number of piperazine rings is 1. The SMILES string of the molecule is C[C@H](O)C(=O)N1CCC(Oc2ccc(-c3nc(Nc4ccc(N5CCN(C6COC6)CC5)cc4)ncc3F)cc2C#N)C(F)(F)C1. The van der Waals surface area contributed by atoms with Crippen LogP contribution in [0.2, 0.25) is 0 Å². The van der Waals surface area contributed by atoms with Gasteiger partial charge in [0.05, 0.1) is 37.6 Å². The van der Waals surface area contributed by atoms with E-state index in [-0.39, 0.29) is 41.5 Å². The predicted molar refractivity (Wildman–Crippen MR) is 162 cm³/mol. The van der Waals surface area contributed by atoms with Crippen molar-refractivity contribution < 1.29 is 32.5 Å². The van der Waals surface area contributed by atoms with E-state index in [4.69, 9.17) is 9.47 Å². The number of hydrogen-bond donors (Lipinski definition) is 2. The maximum atomic E-state index is 14.9. The van der Waals surface area contributed by atoms with Crippen molar-refractivity contribution in [2.75, 3.05) is 62.7 Å². The Bertz CT molecular complexity index is 1610. The van der Waals surface area contributed by atoms with E-state index in [2.05, 4.69) is 25.1 Å². The molecule has 3 saturated heterocycles. The Hall–Kier alpha value is -4.45. The minimum Gasteiger partial charge on any atom is -0.483 e. The van der Waals surface area contributed by atoms with Gasteiger partial charge in [-0.2, -0.15) is 5.26 Å². The van der Waals surface area contributed by atoms with Crippen molar-refractivity contribution in [3.63, 3.8) is 0 Å². The molecular formula is C32H34F3N7O4. The Morgan fingerprint density at radius 3 is 2.52 bits per heavy atom. The summed E-state index contributed by atoms with van der Waals surface area (Å²) in [6, 6.07) is 14.3. The number of nitriles is 1. The molecule has 0 saturated carbocycles. The zero-order valence-corrected chi connectivity index (χ0v) is 25.2. The van der Waals surface area contributed by atoms with Crippen molar-refractivity contribution in [2.45, 2.75) is 37.5 Å². The fraction of sp³-hybridized carbons (Fsp3) is 0.438. The highest BCUT2D eigenvalue weighted by Gasteiger charge is 2.48. The van der Waals surface area contributed by atoms with Crippen LogP contribution in [0.1, 0.15) is 18.9 Å². The van der Waals surface area contributed by atoms with E-state index in [9.17, 15) is 28.3 Å². The molecule has 0 aliphatic carbocycles. The third-order valence-corrected chi connectivity index (χ3v) is 8.53. The summed E-state index contributed by atoms with van der Waals surface area (Å²) in [7, 11) is 0. The zero-order chi connectivity index (χ0) is 32.4. The number of ether oxygens (including phenoxy) is 2. The maximum Gasteiger partial charge on any atom is 0.301 e. The molecule has 4 heterocycles. The summed E-state index contributed by atoms with van der Waals surface area (Å²) >= 11 is 0. The maximum absolute atomic E-state index is 14.9. The highest BCUT2D eigenvalue weighted by Crippen LogP contribution is 2.34. The van der Waals surface area contributed by atoms with Gasteiger partial charge in [-0.05, 0) is 49.4 Å². The quantitative estimate of drug-likeness (QED) is 0.380. The summed E-state index contributed by atoms with van der Waals surface area (Å²) in [4.78, 5) is 26.1. The molecule has 3 fully saturated rings. The van der Waals surface area contributed by atoms with Gasteiger partial charge in [0.15, 0.2) is 11.9 Å². The number of nitrogens with one attached hydrogen (secondary N) is 1. The first-order chi connectivity index (χ1) is 22.1. The van der Waals surface area contributed by atoms with Crippen LogP contribution in [0.15, 0.2) is 48.7 Å². The molecule has 2 N–H and O–H groups in total. The van der Waals surface area contributed by atoms with Crippen LogP contribution in [0.4, 0.5) is 30.5 Å². The van der Waals surface area contributed by atoms with Gasteiger partial charge in [-0.15, -0.1) is 0 Å². The van der Waals surface area contributed by atoms with Gasteiger partial charge in [-0.3, -0.25) is 9.69 Å². The first kappa shape index (κ1) is 31.5. The molecule has 2 atom stereocenters. The van der Waals surface area contributed by atoms with Gasteiger partial charge in [0, 0.05) is 56.1 Å². The number of hydrogen-bond acceptors (Lipinski definition) is 10. The monoisotopic (exact) mass is 637 g/mol. The molecule has 1 aromatic heterocycles. The van der Waals surface area contributed by atoms with Crippen LogP contribution in [-0.4, -0.2) is 107 Å². The number of anilines is 3. The van der Waals surface area contributed by atoms with Crippen LogP contribution in [0.5, 0.6) is 5.75 Å². The largest absolute Gasteiger partial charge is 0.483 e. The fourth-order valence-corrected chi connectivity index (χ4v) is 5.83. The first-order valence-corrected chi connectivity index (χ1v) is 15.1. The van der Waals surface area contributed by atoms with E-state index in [1.807, 2.05) is 30.3 Å². The van der Waals surface area contributed by atoms with Crippen LogP contribution in [0.3, 0.4) is 0 Å². The van der Waals surface area contributed by atoms with Crippen molar-refractivity contribution in [1.82, 2.24) is 19.8 Å². The lowest BCUT2D eigenvalue weighted by Crippen LogP contribution is -2.56. The smallest absolute Gasteiger partial charge is 0.301 e. The number of nitrogens with zero attached hydrogens (tertiary/aromatic N) is 6. The number of aromatic nitrogens is 2. The van der Waals surface area contributed by atoms with Gasteiger partial charge in [-0.25, -0.2) is 23.1 Å². The molecule has 0 bridgehead atoms. The van der Waals surface area contributed by atoms with E-state index in [1.165, 1.54) is 25.1 Å². The number of carbonyl (C=O) groups excluding carboxylic acids is 1. The number of aliphatic hydroxyl groups is 1. The second-order valence-electron chi connectivity index (χ2n) is 11.7. The summed E-state index contributed by atoms with van der Waals surface area (Å²) in [6.07, 6.45) is -2.19. The lowest BCUT2D eigenvalue weighted by molar-refractivity contribution is -0.165. The van der Waals surface area contributed by atoms with Crippen molar-refractivity contribution in [2.24, 2.45) is 0 Å². The van der Waals surface area contributed by atoms with Crippen molar-refractivity contribution >= 4 is 23.2 Å². The molecular weight excluding hydrogens is 603 g/mol. The number of rotatable bonds is 8. The highest BCUT2D eigenvalue weighted by atomic mass is 19.3. The summed E-state index contributed by atoms with van der Waals surface area (Å²) in [5.41, 5.74) is 1.87. The summed E-state index contributed by atoms with van der Waals surface area (Å²) in [6.45, 7) is 5.71. The Morgan fingerprint density at radius 1 is 1.15 bits per heavy atom. The molecule has 3 aliphatic heterocycles. The van der Waals surface area contributed by atoms with E-state index >= 15 is 0 Å². The standard InChI is InChI=1S/C32H34F3N7O4/c1-20(43)30(44)42-9-8-28(32(34,35)19-42)46-27-7-2-21(14-22(27)15-36)29-26(33)16-37-31(39-29)38-23-3-5-24(6-4-23)40-10-12-41(13-11-40)25-17-45-18-25/h2-7,14,16,20,25,28,43H,8-13,17-19H2,1H3,(H,37,38,39)/t20-,28?/m0/s1. The molecule has 3 aliphatic rings. The molecule has 11 nitrogen and oxygen atoms in total. The van der Waals surface area contributed by atoms with Crippen molar-refractivity contribution in [3.8, 4) is 23.1 Å². The van der Waals surface area contributed by atoms with Crippen molar-refractivity contribution in [1.29, 1.82) is 5.26 Å². The lowest BCUT2D eigenvalue weighted by atomic mass is 10.0. The third kappa shape index (κ3) is 6.72. The van der Waals surface area contributed by atoms with Crippen LogP contribution in [0, 0.1) is 17.1 Å². The van der Waals surface area contributed by atoms with Crippen LogP contribution >= 0.6 is 0 Å².